The number of halogens is 1. The average Bonchev–Trinajstić information content (AvgIpc) is 3.02. The van der Waals surface area contributed by atoms with Crippen molar-refractivity contribution in [1.29, 1.82) is 0 Å². The standard InChI is InChI=1S/C19H16FN5O.H2/c1-12-9-14(5-6-16(12)20)22-19-23-17-4-2-3-15(25(17)24-19)10-13-7-8-21-18(26)11-13;/h2-9,11H,10H2,1H3,(H,21,26)(H,22,24);1H. The molecule has 0 fully saturated rings. The molecule has 0 bridgehead atoms. The van der Waals surface area contributed by atoms with Crippen molar-refractivity contribution in [2.45, 2.75) is 13.3 Å². The molecule has 0 aliphatic heterocycles. The van der Waals surface area contributed by atoms with Crippen LogP contribution in [0.1, 0.15) is 18.2 Å². The predicted molar refractivity (Wildman–Crippen MR) is 99.4 cm³/mol. The highest BCUT2D eigenvalue weighted by atomic mass is 19.1. The largest absolute Gasteiger partial charge is 0.329 e. The van der Waals surface area contributed by atoms with Gasteiger partial charge in [0.25, 0.3) is 0 Å². The highest BCUT2D eigenvalue weighted by Gasteiger charge is 2.09. The minimum absolute atomic E-state index is 0. The maximum atomic E-state index is 13.4. The van der Waals surface area contributed by atoms with Crippen molar-refractivity contribution in [3.05, 3.63) is 87.7 Å². The lowest BCUT2D eigenvalue weighted by atomic mass is 10.1. The van der Waals surface area contributed by atoms with Crippen molar-refractivity contribution in [3.63, 3.8) is 0 Å². The Bertz CT molecular complexity index is 1150. The van der Waals surface area contributed by atoms with Crippen LogP contribution in [0.3, 0.4) is 0 Å². The Labute approximate surface area is 149 Å². The highest BCUT2D eigenvalue weighted by Crippen LogP contribution is 2.18. The van der Waals surface area contributed by atoms with Crippen LogP contribution in [0.4, 0.5) is 16.0 Å². The maximum absolute atomic E-state index is 13.4. The molecule has 6 nitrogen and oxygen atoms in total. The first-order chi connectivity index (χ1) is 12.6. The van der Waals surface area contributed by atoms with Crippen LogP contribution >= 0.6 is 0 Å². The molecule has 0 saturated heterocycles. The molecule has 4 aromatic rings. The topological polar surface area (TPSA) is 75.1 Å². The lowest BCUT2D eigenvalue weighted by molar-refractivity contribution is 0.619. The van der Waals surface area contributed by atoms with Crippen molar-refractivity contribution < 1.29 is 5.82 Å². The van der Waals surface area contributed by atoms with Gasteiger partial charge in [-0.25, -0.2) is 8.91 Å². The second-order valence-electron chi connectivity index (χ2n) is 6.05. The van der Waals surface area contributed by atoms with Crippen molar-refractivity contribution in [2.75, 3.05) is 5.32 Å². The molecule has 3 heterocycles. The van der Waals surface area contributed by atoms with Gasteiger partial charge in [-0.05, 0) is 54.4 Å². The maximum Gasteiger partial charge on any atom is 0.248 e. The van der Waals surface area contributed by atoms with Crippen LogP contribution < -0.4 is 10.9 Å². The Morgan fingerprint density at radius 2 is 2.12 bits per heavy atom. The molecule has 0 spiro atoms. The zero-order chi connectivity index (χ0) is 18.1. The molecule has 0 amide bonds. The summed E-state index contributed by atoms with van der Waals surface area (Å²) in [6, 6.07) is 13.9. The molecule has 4 rings (SSSR count). The molecular weight excluding hydrogens is 333 g/mol. The number of H-pyrrole nitrogens is 1. The molecule has 0 radical (unpaired) electrons. The van der Waals surface area contributed by atoms with Gasteiger partial charge < -0.3 is 10.3 Å². The highest BCUT2D eigenvalue weighted by molar-refractivity contribution is 5.57. The second-order valence-corrected chi connectivity index (χ2v) is 6.05. The summed E-state index contributed by atoms with van der Waals surface area (Å²) in [6.07, 6.45) is 2.18. The molecule has 0 atom stereocenters. The fourth-order valence-electron chi connectivity index (χ4n) is 2.81. The second kappa shape index (κ2) is 6.44. The van der Waals surface area contributed by atoms with Gasteiger partial charge in [-0.1, -0.05) is 6.07 Å². The van der Waals surface area contributed by atoms with E-state index in [9.17, 15) is 9.18 Å². The summed E-state index contributed by atoms with van der Waals surface area (Å²) in [5.41, 5.74) is 3.62. The Morgan fingerprint density at radius 1 is 1.23 bits per heavy atom. The number of nitrogens with zero attached hydrogens (tertiary/aromatic N) is 3. The van der Waals surface area contributed by atoms with Gasteiger partial charge in [-0.15, -0.1) is 5.10 Å². The summed E-state index contributed by atoms with van der Waals surface area (Å²) in [4.78, 5) is 18.5. The predicted octanol–water partition coefficient (Wildman–Crippen LogP) is 3.45. The summed E-state index contributed by atoms with van der Waals surface area (Å²) in [5.74, 6) is 0.174. The Kier molecular flexibility index (Phi) is 3.96. The zero-order valence-corrected chi connectivity index (χ0v) is 14.0. The summed E-state index contributed by atoms with van der Waals surface area (Å²) < 4.78 is 15.1. The van der Waals surface area contributed by atoms with Crippen LogP contribution in [0.15, 0.2) is 59.5 Å². The summed E-state index contributed by atoms with van der Waals surface area (Å²) in [7, 11) is 0. The third kappa shape index (κ3) is 3.19. The number of aryl methyl sites for hydroxylation is 1. The number of rotatable bonds is 4. The molecule has 0 saturated carbocycles. The lowest BCUT2D eigenvalue weighted by Gasteiger charge is -2.04. The van der Waals surface area contributed by atoms with Gasteiger partial charge in [-0.3, -0.25) is 4.79 Å². The fourth-order valence-corrected chi connectivity index (χ4v) is 2.81. The van der Waals surface area contributed by atoms with E-state index >= 15 is 0 Å². The first-order valence-corrected chi connectivity index (χ1v) is 8.14. The van der Waals surface area contributed by atoms with E-state index in [0.29, 0.717) is 23.6 Å². The lowest BCUT2D eigenvalue weighted by Crippen LogP contribution is -2.06. The molecule has 2 N–H and O–H groups in total. The number of aromatic nitrogens is 4. The number of hydrogen-bond donors (Lipinski definition) is 2. The number of aromatic amines is 1. The van der Waals surface area contributed by atoms with Crippen LogP contribution in [0, 0.1) is 12.7 Å². The van der Waals surface area contributed by atoms with E-state index in [4.69, 9.17) is 0 Å². The molecule has 0 aliphatic carbocycles. The van der Waals surface area contributed by atoms with Gasteiger partial charge in [0.05, 0.1) is 0 Å². The zero-order valence-electron chi connectivity index (χ0n) is 14.0. The van der Waals surface area contributed by atoms with Crippen LogP contribution in [-0.4, -0.2) is 19.6 Å². The molecular formula is C19H18FN5O. The number of fused-ring (bicyclic) bond motifs is 1. The fraction of sp³-hybridized carbons (Fsp3) is 0.105. The molecule has 132 valence electrons. The normalized spacial score (nSPS) is 11.0. The molecule has 7 heteroatoms. The number of anilines is 2. The van der Waals surface area contributed by atoms with Gasteiger partial charge >= 0.3 is 0 Å². The first-order valence-electron chi connectivity index (χ1n) is 8.14. The third-order valence-corrected chi connectivity index (χ3v) is 4.08. The monoisotopic (exact) mass is 351 g/mol. The number of benzene rings is 1. The van der Waals surface area contributed by atoms with Crippen LogP contribution in [0.2, 0.25) is 0 Å². The molecule has 0 unspecified atom stereocenters. The first kappa shape index (κ1) is 16.0. The molecule has 1 aromatic carbocycles. The number of pyridine rings is 2. The van der Waals surface area contributed by atoms with Gasteiger partial charge in [0.1, 0.15) is 5.82 Å². The van der Waals surface area contributed by atoms with Crippen LogP contribution in [0.5, 0.6) is 0 Å². The molecule has 0 aliphatic rings. The van der Waals surface area contributed by atoms with E-state index < -0.39 is 0 Å². The Hall–Kier alpha value is -3.48. The van der Waals surface area contributed by atoms with E-state index in [1.54, 1.807) is 35.8 Å². The summed E-state index contributed by atoms with van der Waals surface area (Å²) in [6.45, 7) is 1.71. The quantitative estimate of drug-likeness (QED) is 0.590. The van der Waals surface area contributed by atoms with E-state index in [0.717, 1.165) is 16.9 Å². The van der Waals surface area contributed by atoms with E-state index in [1.165, 1.54) is 6.07 Å². The van der Waals surface area contributed by atoms with Gasteiger partial charge in [0.15, 0.2) is 5.65 Å². The minimum atomic E-state index is -0.251. The van der Waals surface area contributed by atoms with E-state index in [-0.39, 0.29) is 12.8 Å². The van der Waals surface area contributed by atoms with Crippen molar-refractivity contribution in [3.8, 4) is 0 Å². The van der Waals surface area contributed by atoms with Crippen LogP contribution in [0.25, 0.3) is 5.65 Å². The SMILES string of the molecule is Cc1cc(Nc2nc3cccc(Cc4cc[nH]c(=O)c4)n3n2)ccc1F.[HH]. The van der Waals surface area contributed by atoms with Crippen molar-refractivity contribution in [2.24, 2.45) is 0 Å². The minimum Gasteiger partial charge on any atom is -0.329 e. The van der Waals surface area contributed by atoms with Gasteiger partial charge in [0, 0.05) is 31.5 Å². The third-order valence-electron chi connectivity index (χ3n) is 4.08. The van der Waals surface area contributed by atoms with E-state index in [1.807, 2.05) is 24.3 Å². The van der Waals surface area contributed by atoms with Gasteiger partial charge in [-0.2, -0.15) is 4.98 Å². The van der Waals surface area contributed by atoms with E-state index in [2.05, 4.69) is 20.4 Å². The summed E-state index contributed by atoms with van der Waals surface area (Å²) >= 11 is 0. The molecule has 3 aromatic heterocycles. The van der Waals surface area contributed by atoms with Crippen LogP contribution in [-0.2, 0) is 6.42 Å². The number of hydrogen-bond acceptors (Lipinski definition) is 4. The average molecular weight is 351 g/mol. The molecule has 26 heavy (non-hydrogen) atoms. The Balaban J connectivity index is 0.00000210. The Morgan fingerprint density at radius 3 is 2.92 bits per heavy atom. The van der Waals surface area contributed by atoms with Crippen molar-refractivity contribution >= 4 is 17.3 Å². The van der Waals surface area contributed by atoms with Gasteiger partial charge in [0.2, 0.25) is 11.5 Å². The van der Waals surface area contributed by atoms with Crippen molar-refractivity contribution in [1.82, 2.24) is 19.6 Å². The smallest absolute Gasteiger partial charge is 0.248 e. The number of nitrogens with one attached hydrogen (secondary N) is 2. The summed E-state index contributed by atoms with van der Waals surface area (Å²) in [5, 5.41) is 7.59.